The van der Waals surface area contributed by atoms with Crippen molar-refractivity contribution in [3.8, 4) is 0 Å². The molecule has 1 aliphatic heterocycles. The number of carbonyl (C=O) groups is 1. The summed E-state index contributed by atoms with van der Waals surface area (Å²) >= 11 is 1.34. The van der Waals surface area contributed by atoms with Gasteiger partial charge in [0.05, 0.1) is 0 Å². The van der Waals surface area contributed by atoms with Crippen molar-refractivity contribution in [1.29, 1.82) is 0 Å². The first-order valence-corrected chi connectivity index (χ1v) is 9.50. The summed E-state index contributed by atoms with van der Waals surface area (Å²) in [6.45, 7) is 4.64. The molecule has 1 N–H and O–H groups in total. The first-order valence-electron chi connectivity index (χ1n) is 8.68. The van der Waals surface area contributed by atoms with Crippen LogP contribution in [-0.2, 0) is 19.6 Å². The molecule has 0 radical (unpaired) electrons. The van der Waals surface area contributed by atoms with Crippen molar-refractivity contribution in [3.05, 3.63) is 45.4 Å². The number of rotatable bonds is 7. The smallest absolute Gasteiger partial charge is 0.284 e. The second kappa shape index (κ2) is 8.51. The van der Waals surface area contributed by atoms with Crippen LogP contribution in [0.25, 0.3) is 0 Å². The summed E-state index contributed by atoms with van der Waals surface area (Å²) in [5.74, 6) is -0.0824. The van der Waals surface area contributed by atoms with Gasteiger partial charge in [0.25, 0.3) is 5.91 Å². The minimum atomic E-state index is -0.0824. The zero-order chi connectivity index (χ0) is 17.6. The lowest BCUT2D eigenvalue weighted by atomic mass is 10.1. The lowest BCUT2D eigenvalue weighted by molar-refractivity contribution is 0.0784. The van der Waals surface area contributed by atoms with E-state index in [1.807, 2.05) is 7.05 Å². The highest BCUT2D eigenvalue weighted by Gasteiger charge is 2.17. The predicted molar refractivity (Wildman–Crippen MR) is 99.4 cm³/mol. The SMILES string of the molecule is CNCc1nnc(C(=O)N(C)Cc2ccc(CN3CCCC3)cc2)s1. The number of likely N-dealkylation sites (tertiary alicyclic amines) is 1. The average Bonchev–Trinajstić information content (AvgIpc) is 3.28. The Morgan fingerprint density at radius 3 is 2.56 bits per heavy atom. The third kappa shape index (κ3) is 4.84. The normalized spacial score (nSPS) is 14.8. The molecule has 2 heterocycles. The first kappa shape index (κ1) is 18.0. The van der Waals surface area contributed by atoms with Gasteiger partial charge in [-0.05, 0) is 44.1 Å². The molecule has 134 valence electrons. The Bertz CT molecular complexity index is 694. The van der Waals surface area contributed by atoms with Crippen LogP contribution in [0.5, 0.6) is 0 Å². The Morgan fingerprint density at radius 1 is 1.20 bits per heavy atom. The zero-order valence-corrected chi connectivity index (χ0v) is 15.7. The van der Waals surface area contributed by atoms with Crippen molar-refractivity contribution in [2.75, 3.05) is 27.2 Å². The number of hydrogen-bond acceptors (Lipinski definition) is 6. The monoisotopic (exact) mass is 359 g/mol. The summed E-state index contributed by atoms with van der Waals surface area (Å²) in [5.41, 5.74) is 2.46. The Morgan fingerprint density at radius 2 is 1.88 bits per heavy atom. The van der Waals surface area contributed by atoms with Crippen LogP contribution in [-0.4, -0.2) is 53.1 Å². The van der Waals surface area contributed by atoms with Crippen molar-refractivity contribution >= 4 is 17.2 Å². The van der Waals surface area contributed by atoms with Crippen LogP contribution in [0.3, 0.4) is 0 Å². The summed E-state index contributed by atoms with van der Waals surface area (Å²) in [6, 6.07) is 8.56. The predicted octanol–water partition coefficient (Wildman–Crippen LogP) is 2.13. The number of nitrogens with one attached hydrogen (secondary N) is 1. The maximum Gasteiger partial charge on any atom is 0.284 e. The summed E-state index contributed by atoms with van der Waals surface area (Å²) in [6.07, 6.45) is 2.62. The molecule has 0 bridgehead atoms. The van der Waals surface area contributed by atoms with E-state index in [1.165, 1.54) is 42.8 Å². The highest BCUT2D eigenvalue weighted by atomic mass is 32.1. The van der Waals surface area contributed by atoms with E-state index < -0.39 is 0 Å². The van der Waals surface area contributed by atoms with Crippen LogP contribution in [0.2, 0.25) is 0 Å². The molecule has 0 spiro atoms. The van der Waals surface area contributed by atoms with E-state index >= 15 is 0 Å². The zero-order valence-electron chi connectivity index (χ0n) is 14.9. The Labute approximate surface area is 152 Å². The molecule has 1 amide bonds. The highest BCUT2D eigenvalue weighted by Crippen LogP contribution is 2.16. The average molecular weight is 359 g/mol. The van der Waals surface area contributed by atoms with Crippen LogP contribution in [0.15, 0.2) is 24.3 Å². The van der Waals surface area contributed by atoms with Gasteiger partial charge in [0.2, 0.25) is 5.01 Å². The standard InChI is InChI=1S/C18H25N5OS/c1-19-11-16-20-21-17(25-16)18(24)22(2)12-14-5-7-15(8-6-14)13-23-9-3-4-10-23/h5-8,19H,3-4,9-13H2,1-2H3. The van der Waals surface area contributed by atoms with Gasteiger partial charge in [0.1, 0.15) is 5.01 Å². The van der Waals surface area contributed by atoms with Gasteiger partial charge < -0.3 is 10.2 Å². The van der Waals surface area contributed by atoms with Crippen molar-refractivity contribution in [3.63, 3.8) is 0 Å². The van der Waals surface area contributed by atoms with Crippen LogP contribution in [0.4, 0.5) is 0 Å². The molecule has 7 heteroatoms. The summed E-state index contributed by atoms with van der Waals surface area (Å²) in [4.78, 5) is 16.7. The molecule has 0 aliphatic carbocycles. The summed E-state index contributed by atoms with van der Waals surface area (Å²) < 4.78 is 0. The summed E-state index contributed by atoms with van der Waals surface area (Å²) in [7, 11) is 3.65. The molecule has 0 atom stereocenters. The number of amides is 1. The van der Waals surface area contributed by atoms with Gasteiger partial charge in [-0.3, -0.25) is 9.69 Å². The van der Waals surface area contributed by atoms with E-state index in [0.717, 1.165) is 17.1 Å². The Balaban J connectivity index is 1.55. The molecule has 0 unspecified atom stereocenters. The molecule has 25 heavy (non-hydrogen) atoms. The topological polar surface area (TPSA) is 61.4 Å². The lowest BCUT2D eigenvalue weighted by Gasteiger charge is -2.17. The maximum atomic E-state index is 12.5. The van der Waals surface area contributed by atoms with Crippen LogP contribution >= 0.6 is 11.3 Å². The number of nitrogens with zero attached hydrogens (tertiary/aromatic N) is 4. The fraction of sp³-hybridized carbons (Fsp3) is 0.500. The van der Waals surface area contributed by atoms with Crippen LogP contribution in [0, 0.1) is 0 Å². The van der Waals surface area contributed by atoms with Gasteiger partial charge in [0.15, 0.2) is 0 Å². The lowest BCUT2D eigenvalue weighted by Crippen LogP contribution is -2.26. The highest BCUT2D eigenvalue weighted by molar-refractivity contribution is 7.13. The molecular weight excluding hydrogens is 334 g/mol. The van der Waals surface area contributed by atoms with E-state index in [9.17, 15) is 4.79 Å². The fourth-order valence-corrected chi connectivity index (χ4v) is 3.87. The van der Waals surface area contributed by atoms with E-state index in [2.05, 4.69) is 44.7 Å². The molecular formula is C18H25N5OS. The minimum absolute atomic E-state index is 0.0824. The molecule has 1 aromatic carbocycles. The van der Waals surface area contributed by atoms with Gasteiger partial charge in [-0.2, -0.15) is 0 Å². The Hall–Kier alpha value is -1.83. The molecule has 6 nitrogen and oxygen atoms in total. The van der Waals surface area contributed by atoms with Crippen molar-refractivity contribution in [2.45, 2.75) is 32.5 Å². The minimum Gasteiger partial charge on any atom is -0.335 e. The van der Waals surface area contributed by atoms with E-state index in [1.54, 1.807) is 11.9 Å². The Kier molecular flexibility index (Phi) is 6.12. The van der Waals surface area contributed by atoms with Crippen molar-refractivity contribution in [2.24, 2.45) is 0 Å². The maximum absolute atomic E-state index is 12.5. The van der Waals surface area contributed by atoms with Crippen molar-refractivity contribution in [1.82, 2.24) is 25.3 Å². The third-order valence-corrected chi connectivity index (χ3v) is 5.28. The van der Waals surface area contributed by atoms with E-state index in [4.69, 9.17) is 0 Å². The molecule has 1 fully saturated rings. The van der Waals surface area contributed by atoms with Gasteiger partial charge in [-0.1, -0.05) is 35.6 Å². The number of benzene rings is 1. The van der Waals surface area contributed by atoms with Gasteiger partial charge in [-0.25, -0.2) is 0 Å². The van der Waals surface area contributed by atoms with E-state index in [-0.39, 0.29) is 5.91 Å². The van der Waals surface area contributed by atoms with Crippen molar-refractivity contribution < 1.29 is 4.79 Å². The molecule has 1 saturated heterocycles. The van der Waals surface area contributed by atoms with Crippen LogP contribution < -0.4 is 5.32 Å². The largest absolute Gasteiger partial charge is 0.335 e. The molecule has 0 saturated carbocycles. The molecule has 3 rings (SSSR count). The second-order valence-corrected chi connectivity index (χ2v) is 7.55. The quantitative estimate of drug-likeness (QED) is 0.821. The van der Waals surface area contributed by atoms with E-state index in [0.29, 0.717) is 18.1 Å². The fourth-order valence-electron chi connectivity index (χ4n) is 3.02. The second-order valence-electron chi connectivity index (χ2n) is 6.49. The summed E-state index contributed by atoms with van der Waals surface area (Å²) in [5, 5.41) is 12.3. The van der Waals surface area contributed by atoms with Crippen LogP contribution in [0.1, 0.15) is 38.8 Å². The molecule has 2 aromatic rings. The number of carbonyl (C=O) groups excluding carboxylic acids is 1. The number of aromatic nitrogens is 2. The van der Waals surface area contributed by atoms with Gasteiger partial charge >= 0.3 is 0 Å². The van der Waals surface area contributed by atoms with Gasteiger partial charge in [0, 0.05) is 26.7 Å². The number of hydrogen-bond donors (Lipinski definition) is 1. The molecule has 1 aliphatic rings. The molecule has 1 aromatic heterocycles. The first-order chi connectivity index (χ1) is 12.2. The third-order valence-electron chi connectivity index (χ3n) is 4.37. The van der Waals surface area contributed by atoms with Gasteiger partial charge in [-0.15, -0.1) is 10.2 Å².